The monoisotopic (exact) mass is 339 g/mol. The van der Waals surface area contributed by atoms with Crippen molar-refractivity contribution in [1.82, 2.24) is 5.32 Å². The van der Waals surface area contributed by atoms with Gasteiger partial charge in [-0.2, -0.15) is 0 Å². The number of carbonyl (C=O) groups is 2. The maximum atomic E-state index is 12.4. The first-order chi connectivity index (χ1) is 12.0. The average Bonchev–Trinajstić information content (AvgIpc) is 2.61. The van der Waals surface area contributed by atoms with Crippen molar-refractivity contribution >= 4 is 23.2 Å². The van der Waals surface area contributed by atoms with Crippen LogP contribution in [0.5, 0.6) is 0 Å². The lowest BCUT2D eigenvalue weighted by molar-refractivity contribution is -0.116. The number of likely N-dealkylation sites (N-methyl/N-ethyl adjacent to an activating group) is 1. The summed E-state index contributed by atoms with van der Waals surface area (Å²) in [5.41, 5.74) is 2.29. The number of hydrogen-bond donors (Lipinski definition) is 2. The molecule has 5 nitrogen and oxygen atoms in total. The van der Waals surface area contributed by atoms with Gasteiger partial charge in [0.15, 0.2) is 0 Å². The molecule has 2 aromatic rings. The molecule has 0 aliphatic rings. The molecule has 0 fully saturated rings. The van der Waals surface area contributed by atoms with Crippen LogP contribution in [0.25, 0.3) is 0 Å². The van der Waals surface area contributed by atoms with Crippen LogP contribution in [0.2, 0.25) is 0 Å². The Morgan fingerprint density at radius 3 is 2.20 bits per heavy atom. The van der Waals surface area contributed by atoms with E-state index in [0.717, 1.165) is 11.4 Å². The molecule has 0 atom stereocenters. The number of hydrogen-bond acceptors (Lipinski definition) is 3. The van der Waals surface area contributed by atoms with E-state index >= 15 is 0 Å². The van der Waals surface area contributed by atoms with Crippen LogP contribution in [0.4, 0.5) is 11.4 Å². The Bertz CT molecular complexity index is 697. The van der Waals surface area contributed by atoms with Gasteiger partial charge in [-0.15, -0.1) is 0 Å². The normalized spacial score (nSPS) is 10.4. The number of amides is 2. The Morgan fingerprint density at radius 1 is 1.00 bits per heavy atom. The van der Waals surface area contributed by atoms with Crippen molar-refractivity contribution in [2.24, 2.45) is 0 Å². The van der Waals surface area contributed by atoms with Crippen molar-refractivity contribution in [1.29, 1.82) is 0 Å². The van der Waals surface area contributed by atoms with Crippen molar-refractivity contribution in [2.45, 2.75) is 26.8 Å². The molecule has 2 amide bonds. The van der Waals surface area contributed by atoms with Gasteiger partial charge in [-0.1, -0.05) is 18.2 Å². The minimum absolute atomic E-state index is 0.00433. The number of rotatable bonds is 7. The van der Waals surface area contributed by atoms with Gasteiger partial charge in [0.2, 0.25) is 5.91 Å². The first-order valence-corrected chi connectivity index (χ1v) is 8.51. The van der Waals surface area contributed by atoms with E-state index in [2.05, 4.69) is 10.6 Å². The van der Waals surface area contributed by atoms with Crippen LogP contribution in [0, 0.1) is 0 Å². The second-order valence-corrected chi connectivity index (χ2v) is 6.03. The molecule has 0 aliphatic heterocycles. The number of benzene rings is 2. The molecule has 0 aromatic heterocycles. The summed E-state index contributed by atoms with van der Waals surface area (Å²) in [5.74, 6) is -0.103. The van der Waals surface area contributed by atoms with E-state index in [9.17, 15) is 9.59 Å². The van der Waals surface area contributed by atoms with Gasteiger partial charge in [0.05, 0.1) is 6.54 Å². The topological polar surface area (TPSA) is 61.4 Å². The quantitative estimate of drug-likeness (QED) is 0.814. The summed E-state index contributed by atoms with van der Waals surface area (Å²) in [5, 5.41) is 5.96. The molecule has 0 heterocycles. The summed E-state index contributed by atoms with van der Waals surface area (Å²) in [7, 11) is 0. The average molecular weight is 339 g/mol. The van der Waals surface area contributed by atoms with Crippen molar-refractivity contribution in [3.05, 3.63) is 60.2 Å². The SMILES string of the molecule is CCN(C(=O)CNc1ccc(C(=O)NC(C)C)cc1)c1ccccc1. The molecule has 0 spiro atoms. The summed E-state index contributed by atoms with van der Waals surface area (Å²) in [6, 6.07) is 16.8. The summed E-state index contributed by atoms with van der Waals surface area (Å²) in [6.45, 7) is 6.60. The van der Waals surface area contributed by atoms with E-state index in [1.54, 1.807) is 29.2 Å². The number of anilines is 2. The Hall–Kier alpha value is -2.82. The molecule has 25 heavy (non-hydrogen) atoms. The second kappa shape index (κ2) is 8.87. The third-order valence-electron chi connectivity index (χ3n) is 3.70. The van der Waals surface area contributed by atoms with Crippen LogP contribution in [-0.4, -0.2) is 30.9 Å². The fourth-order valence-electron chi connectivity index (χ4n) is 2.47. The molecule has 0 saturated heterocycles. The van der Waals surface area contributed by atoms with E-state index in [-0.39, 0.29) is 24.4 Å². The summed E-state index contributed by atoms with van der Waals surface area (Å²) < 4.78 is 0. The van der Waals surface area contributed by atoms with Crippen LogP contribution in [0.1, 0.15) is 31.1 Å². The van der Waals surface area contributed by atoms with E-state index in [0.29, 0.717) is 12.1 Å². The Morgan fingerprint density at radius 2 is 1.64 bits per heavy atom. The van der Waals surface area contributed by atoms with Crippen molar-refractivity contribution in [3.63, 3.8) is 0 Å². The van der Waals surface area contributed by atoms with Gasteiger partial charge in [0.25, 0.3) is 5.91 Å². The molecule has 0 radical (unpaired) electrons. The molecule has 0 unspecified atom stereocenters. The van der Waals surface area contributed by atoms with Crippen molar-refractivity contribution in [3.8, 4) is 0 Å². The highest BCUT2D eigenvalue weighted by molar-refractivity contribution is 5.96. The third kappa shape index (κ3) is 5.35. The molecule has 2 rings (SSSR count). The highest BCUT2D eigenvalue weighted by Gasteiger charge is 2.13. The Labute approximate surface area is 149 Å². The molecule has 2 aromatic carbocycles. The summed E-state index contributed by atoms with van der Waals surface area (Å²) >= 11 is 0. The number of carbonyl (C=O) groups excluding carboxylic acids is 2. The molecule has 5 heteroatoms. The fraction of sp³-hybridized carbons (Fsp3) is 0.300. The van der Waals surface area contributed by atoms with Crippen LogP contribution in [0.15, 0.2) is 54.6 Å². The lowest BCUT2D eigenvalue weighted by Crippen LogP contribution is -2.35. The van der Waals surface area contributed by atoms with E-state index in [1.165, 1.54) is 0 Å². The molecule has 0 bridgehead atoms. The van der Waals surface area contributed by atoms with Crippen LogP contribution in [-0.2, 0) is 4.79 Å². The number of nitrogens with one attached hydrogen (secondary N) is 2. The van der Waals surface area contributed by atoms with Crippen molar-refractivity contribution < 1.29 is 9.59 Å². The van der Waals surface area contributed by atoms with E-state index < -0.39 is 0 Å². The number of nitrogens with zero attached hydrogens (tertiary/aromatic N) is 1. The number of para-hydroxylation sites is 1. The minimum atomic E-state index is -0.0983. The van der Waals surface area contributed by atoms with Gasteiger partial charge in [-0.3, -0.25) is 9.59 Å². The van der Waals surface area contributed by atoms with Gasteiger partial charge in [-0.25, -0.2) is 0 Å². The molecular weight excluding hydrogens is 314 g/mol. The maximum absolute atomic E-state index is 12.4. The lowest BCUT2D eigenvalue weighted by Gasteiger charge is -2.21. The highest BCUT2D eigenvalue weighted by Crippen LogP contribution is 2.14. The summed E-state index contributed by atoms with van der Waals surface area (Å²) in [6.07, 6.45) is 0. The standard InChI is InChI=1S/C20H25N3O2/c1-4-23(18-8-6-5-7-9-18)19(24)14-21-17-12-10-16(11-13-17)20(25)22-15(2)3/h5-13,15,21H,4,14H2,1-3H3,(H,22,25). The Kier molecular flexibility index (Phi) is 6.57. The highest BCUT2D eigenvalue weighted by atomic mass is 16.2. The molecule has 0 aliphatic carbocycles. The van der Waals surface area contributed by atoms with Gasteiger partial charge >= 0.3 is 0 Å². The molecule has 132 valence electrons. The Balaban J connectivity index is 1.94. The second-order valence-electron chi connectivity index (χ2n) is 6.03. The van der Waals surface area contributed by atoms with Gasteiger partial charge in [0, 0.05) is 29.5 Å². The zero-order valence-corrected chi connectivity index (χ0v) is 15.0. The fourth-order valence-corrected chi connectivity index (χ4v) is 2.47. The first kappa shape index (κ1) is 18.5. The summed E-state index contributed by atoms with van der Waals surface area (Å²) in [4.78, 5) is 26.1. The van der Waals surface area contributed by atoms with E-state index in [4.69, 9.17) is 0 Å². The molecular formula is C20H25N3O2. The van der Waals surface area contributed by atoms with Gasteiger partial charge < -0.3 is 15.5 Å². The molecule has 2 N–H and O–H groups in total. The maximum Gasteiger partial charge on any atom is 0.251 e. The van der Waals surface area contributed by atoms with Gasteiger partial charge in [-0.05, 0) is 57.2 Å². The van der Waals surface area contributed by atoms with E-state index in [1.807, 2.05) is 51.1 Å². The van der Waals surface area contributed by atoms with Crippen LogP contribution >= 0.6 is 0 Å². The predicted molar refractivity (Wildman–Crippen MR) is 102 cm³/mol. The largest absolute Gasteiger partial charge is 0.376 e. The van der Waals surface area contributed by atoms with Crippen LogP contribution in [0.3, 0.4) is 0 Å². The minimum Gasteiger partial charge on any atom is -0.376 e. The lowest BCUT2D eigenvalue weighted by atomic mass is 10.2. The van der Waals surface area contributed by atoms with Gasteiger partial charge in [0.1, 0.15) is 0 Å². The zero-order valence-electron chi connectivity index (χ0n) is 15.0. The van der Waals surface area contributed by atoms with Crippen LogP contribution < -0.4 is 15.5 Å². The smallest absolute Gasteiger partial charge is 0.251 e. The molecule has 0 saturated carbocycles. The predicted octanol–water partition coefficient (Wildman–Crippen LogP) is 3.29. The first-order valence-electron chi connectivity index (χ1n) is 8.51. The zero-order chi connectivity index (χ0) is 18.2. The third-order valence-corrected chi connectivity index (χ3v) is 3.70. The van der Waals surface area contributed by atoms with Crippen molar-refractivity contribution in [2.75, 3.05) is 23.3 Å².